The van der Waals surface area contributed by atoms with Gasteiger partial charge in [-0.3, -0.25) is 9.78 Å². The van der Waals surface area contributed by atoms with Crippen molar-refractivity contribution in [1.82, 2.24) is 15.3 Å². The number of benzene rings is 1. The van der Waals surface area contributed by atoms with Gasteiger partial charge in [-0.2, -0.15) is 5.26 Å². The highest BCUT2D eigenvalue weighted by molar-refractivity contribution is 5.93. The summed E-state index contributed by atoms with van der Waals surface area (Å²) in [5.41, 5.74) is 2.86. The molecule has 6 heteroatoms. The molecule has 31 heavy (non-hydrogen) atoms. The van der Waals surface area contributed by atoms with E-state index in [0.29, 0.717) is 41.5 Å². The highest BCUT2D eigenvalue weighted by Gasteiger charge is 2.42. The fraction of sp³-hybridized carbons (Fsp3) is 0.360. The predicted octanol–water partition coefficient (Wildman–Crippen LogP) is 4.59. The molecule has 3 aromatic rings. The summed E-state index contributed by atoms with van der Waals surface area (Å²) in [6.07, 6.45) is 7.74. The first-order chi connectivity index (χ1) is 15.1. The van der Waals surface area contributed by atoms with Crippen molar-refractivity contribution in [3.63, 3.8) is 0 Å². The molecule has 0 saturated heterocycles. The van der Waals surface area contributed by atoms with Crippen LogP contribution in [0.2, 0.25) is 0 Å². The Kier molecular flexibility index (Phi) is 5.11. The monoisotopic (exact) mass is 414 g/mol. The fourth-order valence-corrected chi connectivity index (χ4v) is 5.59. The fourth-order valence-electron chi connectivity index (χ4n) is 5.59. The van der Waals surface area contributed by atoms with Gasteiger partial charge in [0, 0.05) is 24.3 Å². The number of rotatable bonds is 4. The molecule has 2 unspecified atom stereocenters. The molecular weight excluding hydrogens is 391 g/mol. The van der Waals surface area contributed by atoms with Crippen molar-refractivity contribution in [2.24, 2.45) is 17.8 Å². The van der Waals surface area contributed by atoms with Crippen LogP contribution in [0.15, 0.2) is 48.8 Å². The van der Waals surface area contributed by atoms with Gasteiger partial charge in [0.2, 0.25) is 0 Å². The second-order valence-electron chi connectivity index (χ2n) is 8.84. The predicted molar refractivity (Wildman–Crippen MR) is 115 cm³/mol. The molecule has 156 valence electrons. The number of pyridine rings is 2. The summed E-state index contributed by atoms with van der Waals surface area (Å²) in [5.74, 6) is 1.88. The SMILES string of the molecule is N#Cc1ccc(C(=O)NCC2CC3CC(c4ccnc5ccc(F)cc45)CC3C2)cn1. The van der Waals surface area contributed by atoms with E-state index in [0.717, 1.165) is 36.6 Å². The highest BCUT2D eigenvalue weighted by atomic mass is 19.1. The minimum absolute atomic E-state index is 0.141. The van der Waals surface area contributed by atoms with E-state index in [-0.39, 0.29) is 11.7 Å². The maximum Gasteiger partial charge on any atom is 0.252 e. The van der Waals surface area contributed by atoms with Gasteiger partial charge in [0.15, 0.2) is 0 Å². The summed E-state index contributed by atoms with van der Waals surface area (Å²) in [6.45, 7) is 0.667. The van der Waals surface area contributed by atoms with Crippen LogP contribution in [0.4, 0.5) is 4.39 Å². The van der Waals surface area contributed by atoms with Crippen LogP contribution in [-0.2, 0) is 0 Å². The van der Waals surface area contributed by atoms with Crippen molar-refractivity contribution in [2.75, 3.05) is 6.54 Å². The van der Waals surface area contributed by atoms with Crippen LogP contribution in [0, 0.1) is 34.9 Å². The van der Waals surface area contributed by atoms with E-state index in [1.165, 1.54) is 17.8 Å². The molecule has 2 aromatic heterocycles. The number of hydrogen-bond acceptors (Lipinski definition) is 4. The number of amides is 1. The quantitative estimate of drug-likeness (QED) is 0.677. The first-order valence-corrected chi connectivity index (χ1v) is 10.8. The molecule has 2 saturated carbocycles. The number of nitrogens with one attached hydrogen (secondary N) is 1. The molecule has 2 atom stereocenters. The normalized spacial score (nSPS) is 24.6. The molecule has 2 fully saturated rings. The Balaban J connectivity index is 1.19. The third-order valence-electron chi connectivity index (χ3n) is 6.98. The number of carbonyl (C=O) groups is 1. The molecule has 1 N–H and O–H groups in total. The molecule has 5 rings (SSSR count). The molecule has 0 bridgehead atoms. The Bertz CT molecular complexity index is 1160. The Morgan fingerprint density at radius 2 is 1.90 bits per heavy atom. The van der Waals surface area contributed by atoms with Crippen LogP contribution in [0.25, 0.3) is 10.9 Å². The van der Waals surface area contributed by atoms with Gasteiger partial charge >= 0.3 is 0 Å². The van der Waals surface area contributed by atoms with Crippen molar-refractivity contribution < 1.29 is 9.18 Å². The standard InChI is InChI=1S/C25H23FN4O/c26-20-2-4-24-23(11-20)22(5-6-28-24)19-9-17-7-15(8-18(17)10-19)13-30-25(31)16-1-3-21(12-27)29-14-16/h1-6,11,14-15,17-19H,7-10,13H2,(H,30,31). The maximum absolute atomic E-state index is 13.8. The van der Waals surface area contributed by atoms with Crippen LogP contribution >= 0.6 is 0 Å². The van der Waals surface area contributed by atoms with Gasteiger partial charge in [-0.1, -0.05) is 0 Å². The topological polar surface area (TPSA) is 78.7 Å². The van der Waals surface area contributed by atoms with Gasteiger partial charge in [0.05, 0.1) is 11.1 Å². The first kappa shape index (κ1) is 19.6. The third kappa shape index (κ3) is 3.88. The number of carbonyl (C=O) groups excluding carboxylic acids is 1. The smallest absolute Gasteiger partial charge is 0.252 e. The van der Waals surface area contributed by atoms with Crippen LogP contribution < -0.4 is 5.32 Å². The van der Waals surface area contributed by atoms with Crippen molar-refractivity contribution >= 4 is 16.8 Å². The number of nitrogens with zero attached hydrogens (tertiary/aromatic N) is 3. The minimum atomic E-state index is -0.215. The zero-order chi connectivity index (χ0) is 21.4. The molecule has 0 spiro atoms. The van der Waals surface area contributed by atoms with Crippen LogP contribution in [-0.4, -0.2) is 22.4 Å². The number of aromatic nitrogens is 2. The van der Waals surface area contributed by atoms with Crippen molar-refractivity contribution in [3.05, 3.63) is 71.4 Å². The van der Waals surface area contributed by atoms with Crippen LogP contribution in [0.5, 0.6) is 0 Å². The average Bonchev–Trinajstić information content (AvgIpc) is 3.36. The van der Waals surface area contributed by atoms with E-state index < -0.39 is 0 Å². The molecule has 2 aliphatic carbocycles. The zero-order valence-corrected chi connectivity index (χ0v) is 17.1. The van der Waals surface area contributed by atoms with Crippen LogP contribution in [0.1, 0.15) is 53.2 Å². The summed E-state index contributed by atoms with van der Waals surface area (Å²) in [6, 6.07) is 12.0. The average molecular weight is 414 g/mol. The van der Waals surface area contributed by atoms with Gasteiger partial charge in [0.25, 0.3) is 5.91 Å². The molecule has 1 amide bonds. The molecule has 2 heterocycles. The van der Waals surface area contributed by atoms with Gasteiger partial charge in [-0.15, -0.1) is 0 Å². The summed E-state index contributed by atoms with van der Waals surface area (Å²) >= 11 is 0. The minimum Gasteiger partial charge on any atom is -0.352 e. The Morgan fingerprint density at radius 1 is 1.10 bits per heavy atom. The van der Waals surface area contributed by atoms with Crippen molar-refractivity contribution in [2.45, 2.75) is 31.6 Å². The van der Waals surface area contributed by atoms with Gasteiger partial charge < -0.3 is 5.32 Å². The number of halogens is 1. The summed E-state index contributed by atoms with van der Waals surface area (Å²) < 4.78 is 13.8. The van der Waals surface area contributed by atoms with E-state index in [4.69, 9.17) is 5.26 Å². The molecule has 5 nitrogen and oxygen atoms in total. The lowest BCUT2D eigenvalue weighted by Gasteiger charge is -2.17. The molecule has 0 aliphatic heterocycles. The molecular formula is C25H23FN4O. The van der Waals surface area contributed by atoms with E-state index in [2.05, 4.69) is 21.4 Å². The van der Waals surface area contributed by atoms with E-state index in [9.17, 15) is 9.18 Å². The second-order valence-corrected chi connectivity index (χ2v) is 8.84. The Hall–Kier alpha value is -3.33. The largest absolute Gasteiger partial charge is 0.352 e. The molecule has 1 aromatic carbocycles. The van der Waals surface area contributed by atoms with Gasteiger partial charge in [-0.05, 0) is 91.3 Å². The maximum atomic E-state index is 13.8. The third-order valence-corrected chi connectivity index (χ3v) is 6.98. The Morgan fingerprint density at radius 3 is 2.61 bits per heavy atom. The van der Waals surface area contributed by atoms with Crippen molar-refractivity contribution in [1.29, 1.82) is 5.26 Å². The lowest BCUT2D eigenvalue weighted by molar-refractivity contribution is 0.0946. The zero-order valence-electron chi connectivity index (χ0n) is 17.1. The van der Waals surface area contributed by atoms with E-state index in [1.807, 2.05) is 12.3 Å². The highest BCUT2D eigenvalue weighted by Crippen LogP contribution is 2.53. The number of hydrogen-bond donors (Lipinski definition) is 1. The summed E-state index contributed by atoms with van der Waals surface area (Å²) in [7, 11) is 0. The van der Waals surface area contributed by atoms with E-state index >= 15 is 0 Å². The lowest BCUT2D eigenvalue weighted by atomic mass is 9.90. The van der Waals surface area contributed by atoms with Crippen LogP contribution in [0.3, 0.4) is 0 Å². The summed E-state index contributed by atoms with van der Waals surface area (Å²) in [5, 5.41) is 12.8. The first-order valence-electron chi connectivity index (χ1n) is 10.8. The van der Waals surface area contributed by atoms with Gasteiger partial charge in [0.1, 0.15) is 17.6 Å². The number of nitriles is 1. The second kappa shape index (κ2) is 8.07. The van der Waals surface area contributed by atoms with Gasteiger partial charge in [-0.25, -0.2) is 9.37 Å². The Labute approximate surface area is 180 Å². The van der Waals surface area contributed by atoms with E-state index in [1.54, 1.807) is 24.3 Å². The number of fused-ring (bicyclic) bond motifs is 2. The molecule has 0 radical (unpaired) electrons. The summed E-state index contributed by atoms with van der Waals surface area (Å²) in [4.78, 5) is 20.7. The lowest BCUT2D eigenvalue weighted by Crippen LogP contribution is -2.28. The molecule has 2 aliphatic rings. The van der Waals surface area contributed by atoms with Crippen molar-refractivity contribution in [3.8, 4) is 6.07 Å².